The maximum atomic E-state index is 13.7. The number of fused-ring (bicyclic) bond motifs is 3. The van der Waals surface area contributed by atoms with E-state index in [2.05, 4.69) is 4.90 Å². The normalized spacial score (nSPS) is 29.1. The Bertz CT molecular complexity index is 470. The molecule has 0 amide bonds. The number of rotatable bonds is 1. The van der Waals surface area contributed by atoms with Crippen LogP contribution in [0, 0.1) is 11.7 Å². The van der Waals surface area contributed by atoms with Gasteiger partial charge in [0.1, 0.15) is 5.82 Å². The Morgan fingerprint density at radius 3 is 2.67 bits per heavy atom. The van der Waals surface area contributed by atoms with Crippen molar-refractivity contribution in [1.29, 1.82) is 0 Å². The average Bonchev–Trinajstić information content (AvgIpc) is 2.37. The zero-order valence-corrected chi connectivity index (χ0v) is 10.7. The van der Waals surface area contributed by atoms with Crippen molar-refractivity contribution >= 4 is 17.7 Å². The number of halogens is 2. The van der Waals surface area contributed by atoms with Gasteiger partial charge in [0.25, 0.3) is 0 Å². The van der Waals surface area contributed by atoms with Gasteiger partial charge in [-0.25, -0.2) is 4.39 Å². The lowest BCUT2D eigenvalue weighted by atomic mass is 9.83. The molecule has 1 atom stereocenters. The zero-order valence-electron chi connectivity index (χ0n) is 9.94. The number of hydrogen-bond acceptors (Lipinski definition) is 2. The standard InChI is InChI=1S/C14H15ClFNO/c15-11-2-1-3-12(16)10(11)8-13-14(18)9-4-6-17(13)7-5-9/h1-3,8-9,14,18H,4-7H2/b13-8-/t14-/m0/s1. The van der Waals surface area contributed by atoms with E-state index in [0.717, 1.165) is 31.6 Å². The molecule has 0 aromatic heterocycles. The summed E-state index contributed by atoms with van der Waals surface area (Å²) in [5.41, 5.74) is 1.19. The molecule has 3 aliphatic rings. The van der Waals surface area contributed by atoms with Crippen LogP contribution >= 0.6 is 11.6 Å². The number of benzene rings is 1. The molecule has 0 radical (unpaired) electrons. The van der Waals surface area contributed by atoms with E-state index in [0.29, 0.717) is 16.5 Å². The minimum Gasteiger partial charge on any atom is -0.387 e. The maximum Gasteiger partial charge on any atom is 0.131 e. The monoisotopic (exact) mass is 267 g/mol. The van der Waals surface area contributed by atoms with Crippen LogP contribution in [-0.2, 0) is 0 Å². The van der Waals surface area contributed by atoms with Crippen LogP contribution in [0.2, 0.25) is 5.02 Å². The van der Waals surface area contributed by atoms with Gasteiger partial charge in [-0.1, -0.05) is 17.7 Å². The first-order valence-electron chi connectivity index (χ1n) is 6.25. The summed E-state index contributed by atoms with van der Waals surface area (Å²) in [7, 11) is 0. The molecule has 0 aliphatic carbocycles. The fourth-order valence-electron chi connectivity index (χ4n) is 2.88. The summed E-state index contributed by atoms with van der Waals surface area (Å²) in [5.74, 6) is -0.0309. The van der Waals surface area contributed by atoms with Crippen LogP contribution in [0.3, 0.4) is 0 Å². The second-order valence-electron chi connectivity index (χ2n) is 4.97. The van der Waals surface area contributed by atoms with Crippen molar-refractivity contribution in [2.45, 2.75) is 18.9 Å². The van der Waals surface area contributed by atoms with Gasteiger partial charge in [-0.15, -0.1) is 0 Å². The second-order valence-corrected chi connectivity index (χ2v) is 5.38. The molecule has 3 aliphatic heterocycles. The first kappa shape index (κ1) is 12.0. The number of aliphatic hydroxyl groups excluding tert-OH is 1. The first-order valence-corrected chi connectivity index (χ1v) is 6.63. The molecule has 0 unspecified atom stereocenters. The van der Waals surface area contributed by atoms with Crippen molar-refractivity contribution in [1.82, 2.24) is 4.90 Å². The number of aliphatic hydroxyl groups is 1. The summed E-state index contributed by atoms with van der Waals surface area (Å²) in [6, 6.07) is 4.64. The number of hydrogen-bond donors (Lipinski definition) is 1. The maximum absolute atomic E-state index is 13.7. The van der Waals surface area contributed by atoms with E-state index in [1.54, 1.807) is 18.2 Å². The Balaban J connectivity index is 2.01. The Morgan fingerprint density at radius 1 is 1.33 bits per heavy atom. The van der Waals surface area contributed by atoms with Gasteiger partial charge in [0.05, 0.1) is 11.1 Å². The number of piperidine rings is 3. The minimum absolute atomic E-state index is 0.312. The highest BCUT2D eigenvalue weighted by atomic mass is 35.5. The Kier molecular flexibility index (Phi) is 3.04. The molecule has 1 aromatic carbocycles. The minimum atomic E-state index is -0.483. The van der Waals surface area contributed by atoms with E-state index < -0.39 is 6.10 Å². The van der Waals surface area contributed by atoms with Gasteiger partial charge >= 0.3 is 0 Å². The van der Waals surface area contributed by atoms with Crippen LogP contribution < -0.4 is 0 Å². The highest BCUT2D eigenvalue weighted by Gasteiger charge is 2.36. The Labute approximate surface area is 111 Å². The van der Waals surface area contributed by atoms with Crippen LogP contribution in [0.25, 0.3) is 6.08 Å². The van der Waals surface area contributed by atoms with Gasteiger partial charge in [0.2, 0.25) is 0 Å². The van der Waals surface area contributed by atoms with E-state index >= 15 is 0 Å². The fraction of sp³-hybridized carbons (Fsp3) is 0.429. The van der Waals surface area contributed by atoms with Crippen LogP contribution in [-0.4, -0.2) is 29.2 Å². The summed E-state index contributed by atoms with van der Waals surface area (Å²) < 4.78 is 13.7. The van der Waals surface area contributed by atoms with Gasteiger partial charge < -0.3 is 10.0 Å². The summed E-state index contributed by atoms with van der Waals surface area (Å²) in [6.45, 7) is 1.89. The molecule has 4 rings (SSSR count). The Hall–Kier alpha value is -1.06. The van der Waals surface area contributed by atoms with Crippen LogP contribution in [0.4, 0.5) is 4.39 Å². The summed E-state index contributed by atoms with van der Waals surface area (Å²) in [4.78, 5) is 2.13. The quantitative estimate of drug-likeness (QED) is 0.846. The van der Waals surface area contributed by atoms with Gasteiger partial charge in [-0.2, -0.15) is 0 Å². The second kappa shape index (κ2) is 4.56. The molecule has 2 nitrogen and oxygen atoms in total. The van der Waals surface area contributed by atoms with Gasteiger partial charge in [-0.05, 0) is 37.0 Å². The third kappa shape index (κ3) is 1.91. The predicted molar refractivity (Wildman–Crippen MR) is 69.7 cm³/mol. The molecule has 4 heteroatoms. The summed E-state index contributed by atoms with van der Waals surface area (Å²) in [6.07, 6.45) is 3.25. The van der Waals surface area contributed by atoms with Crippen LogP contribution in [0.15, 0.2) is 23.9 Å². The largest absolute Gasteiger partial charge is 0.387 e. The van der Waals surface area contributed by atoms with Crippen LogP contribution in [0.1, 0.15) is 18.4 Å². The SMILES string of the molecule is O[C@@H]1/C(=C/c2c(F)cccc2Cl)N2CCC1CC2. The predicted octanol–water partition coefficient (Wildman–Crippen LogP) is 2.91. The third-order valence-corrected chi connectivity index (χ3v) is 4.28. The van der Waals surface area contributed by atoms with Crippen molar-refractivity contribution in [3.05, 3.63) is 40.3 Å². The topological polar surface area (TPSA) is 23.5 Å². The van der Waals surface area contributed by atoms with Gasteiger partial charge in [-0.3, -0.25) is 0 Å². The molecule has 1 aromatic rings. The molecule has 3 saturated heterocycles. The van der Waals surface area contributed by atoms with Crippen molar-refractivity contribution in [2.24, 2.45) is 5.92 Å². The summed E-state index contributed by atoms with van der Waals surface area (Å²) in [5, 5.41) is 10.6. The fourth-order valence-corrected chi connectivity index (χ4v) is 3.09. The van der Waals surface area contributed by atoms with Gasteiger partial charge in [0.15, 0.2) is 0 Å². The van der Waals surface area contributed by atoms with E-state index in [1.165, 1.54) is 6.07 Å². The molecule has 96 valence electrons. The third-order valence-electron chi connectivity index (χ3n) is 3.95. The molecule has 18 heavy (non-hydrogen) atoms. The molecule has 1 N–H and O–H groups in total. The van der Waals surface area contributed by atoms with Gasteiger partial charge in [0, 0.05) is 24.4 Å². The van der Waals surface area contributed by atoms with Crippen LogP contribution in [0.5, 0.6) is 0 Å². The smallest absolute Gasteiger partial charge is 0.131 e. The molecule has 0 spiro atoms. The molecule has 2 bridgehead atoms. The lowest BCUT2D eigenvalue weighted by Crippen LogP contribution is -2.48. The highest BCUT2D eigenvalue weighted by Crippen LogP contribution is 2.36. The lowest BCUT2D eigenvalue weighted by Gasteiger charge is -2.46. The van der Waals surface area contributed by atoms with E-state index in [9.17, 15) is 9.50 Å². The first-order chi connectivity index (χ1) is 8.66. The molecule has 0 saturated carbocycles. The molecule has 3 heterocycles. The van der Waals surface area contributed by atoms with Crippen molar-refractivity contribution in [3.63, 3.8) is 0 Å². The zero-order chi connectivity index (χ0) is 12.7. The van der Waals surface area contributed by atoms with Crippen molar-refractivity contribution < 1.29 is 9.50 Å². The van der Waals surface area contributed by atoms with Crippen molar-refractivity contribution in [3.8, 4) is 0 Å². The van der Waals surface area contributed by atoms with E-state index in [1.807, 2.05) is 0 Å². The van der Waals surface area contributed by atoms with E-state index in [4.69, 9.17) is 11.6 Å². The van der Waals surface area contributed by atoms with E-state index in [-0.39, 0.29) is 5.82 Å². The number of nitrogens with zero attached hydrogens (tertiary/aromatic N) is 1. The molecular formula is C14H15ClFNO. The van der Waals surface area contributed by atoms with Crippen molar-refractivity contribution in [2.75, 3.05) is 13.1 Å². The summed E-state index contributed by atoms with van der Waals surface area (Å²) >= 11 is 6.01. The average molecular weight is 268 g/mol. The Morgan fingerprint density at radius 2 is 2.06 bits per heavy atom. The highest BCUT2D eigenvalue weighted by molar-refractivity contribution is 6.32. The lowest BCUT2D eigenvalue weighted by molar-refractivity contribution is 0.0215. The molecular weight excluding hydrogens is 253 g/mol. The molecule has 3 fully saturated rings.